The SMILES string of the molecule is CC1(C)/C(=C/C=C2\CC/C(=C\C=C3/N(CCCS(=O)(=O)[O-])c4ccccc4C3(C)C)C2=[N+]2CCN(C(=O)CCCCC(=O)O)CC2)N(CCCS(=O)(=O)[O-])c2ccccc21. The van der Waals surface area contributed by atoms with E-state index in [2.05, 4.69) is 78.5 Å². The lowest BCUT2D eigenvalue weighted by Crippen LogP contribution is -2.46. The van der Waals surface area contributed by atoms with Gasteiger partial charge in [0.2, 0.25) is 11.6 Å². The molecule has 15 heteroatoms. The number of carbonyl (C=O) groups excluding carboxylic acids is 1. The predicted octanol–water partition coefficient (Wildman–Crippen LogP) is 5.81. The Kier molecular flexibility index (Phi) is 13.6. The number of carboxylic acid groups (broad SMARTS) is 1. The Bertz CT molecular complexity index is 2230. The minimum atomic E-state index is -4.37. The highest BCUT2D eigenvalue weighted by Gasteiger charge is 2.41. The summed E-state index contributed by atoms with van der Waals surface area (Å²) in [6.07, 6.45) is 11.8. The molecule has 1 aliphatic carbocycles. The molecule has 60 heavy (non-hydrogen) atoms. The van der Waals surface area contributed by atoms with Crippen molar-refractivity contribution in [2.75, 3.05) is 60.6 Å². The Labute approximate surface area is 355 Å². The van der Waals surface area contributed by atoms with Crippen molar-refractivity contribution in [3.63, 3.8) is 0 Å². The number of amides is 1. The van der Waals surface area contributed by atoms with Crippen LogP contribution in [-0.4, -0.2) is 109 Å². The summed E-state index contributed by atoms with van der Waals surface area (Å²) in [4.78, 5) is 30.2. The number of piperazine rings is 1. The smallest absolute Gasteiger partial charge is 0.303 e. The number of carboxylic acids is 1. The van der Waals surface area contributed by atoms with Crippen molar-refractivity contribution >= 4 is 49.2 Å². The molecule has 1 N–H and O–H groups in total. The molecule has 6 rings (SSSR count). The van der Waals surface area contributed by atoms with Gasteiger partial charge in [0, 0.05) is 82.2 Å². The second-order valence-electron chi connectivity index (χ2n) is 17.1. The van der Waals surface area contributed by atoms with E-state index in [1.807, 2.05) is 41.3 Å². The van der Waals surface area contributed by atoms with Crippen molar-refractivity contribution in [2.45, 2.75) is 89.9 Å². The molecule has 2 aromatic carbocycles. The summed E-state index contributed by atoms with van der Waals surface area (Å²) in [6.45, 7) is 11.6. The third-order valence-corrected chi connectivity index (χ3v) is 13.9. The van der Waals surface area contributed by atoms with Crippen molar-refractivity contribution in [2.24, 2.45) is 0 Å². The summed E-state index contributed by atoms with van der Waals surface area (Å²) in [7, 11) is -8.74. The number of aliphatic carboxylic acids is 1. The number of nitrogens with zero attached hydrogens (tertiary/aromatic N) is 4. The van der Waals surface area contributed by atoms with Crippen LogP contribution in [0.5, 0.6) is 0 Å². The van der Waals surface area contributed by atoms with Crippen LogP contribution >= 0.6 is 0 Å². The topological polar surface area (TPSA) is 181 Å². The minimum Gasteiger partial charge on any atom is -0.748 e. The molecule has 1 saturated carbocycles. The molecule has 3 heterocycles. The summed E-state index contributed by atoms with van der Waals surface area (Å²) in [6, 6.07) is 16.1. The van der Waals surface area contributed by atoms with Gasteiger partial charge in [0.05, 0.1) is 33.3 Å². The Morgan fingerprint density at radius 2 is 1.12 bits per heavy atom. The van der Waals surface area contributed by atoms with Gasteiger partial charge >= 0.3 is 5.97 Å². The first-order chi connectivity index (χ1) is 28.3. The van der Waals surface area contributed by atoms with Crippen LogP contribution < -0.4 is 9.80 Å². The van der Waals surface area contributed by atoms with E-state index in [4.69, 9.17) is 5.11 Å². The van der Waals surface area contributed by atoms with E-state index in [1.54, 1.807) is 0 Å². The molecular formula is C45H57N4O9S2-. The first kappa shape index (κ1) is 45.0. The number of rotatable bonds is 15. The van der Waals surface area contributed by atoms with Gasteiger partial charge in [-0.15, -0.1) is 0 Å². The Morgan fingerprint density at radius 1 is 0.683 bits per heavy atom. The minimum absolute atomic E-state index is 0.0262. The van der Waals surface area contributed by atoms with E-state index >= 15 is 0 Å². The molecule has 0 radical (unpaired) electrons. The number of hydrogen-bond donors (Lipinski definition) is 1. The number of hydrogen-bond acceptors (Lipinski definition) is 10. The Morgan fingerprint density at radius 3 is 1.55 bits per heavy atom. The zero-order valence-corrected chi connectivity index (χ0v) is 36.7. The lowest BCUT2D eigenvalue weighted by atomic mass is 9.83. The van der Waals surface area contributed by atoms with Crippen molar-refractivity contribution in [1.29, 1.82) is 0 Å². The second kappa shape index (κ2) is 18.2. The molecule has 13 nitrogen and oxygen atoms in total. The fourth-order valence-corrected chi connectivity index (χ4v) is 10.2. The third-order valence-electron chi connectivity index (χ3n) is 12.3. The molecule has 0 spiro atoms. The molecule has 0 atom stereocenters. The predicted molar refractivity (Wildman–Crippen MR) is 231 cm³/mol. The van der Waals surface area contributed by atoms with Gasteiger partial charge in [-0.3, -0.25) is 9.59 Å². The molecule has 0 unspecified atom stereocenters. The van der Waals surface area contributed by atoms with Gasteiger partial charge in [0.1, 0.15) is 0 Å². The summed E-state index contributed by atoms with van der Waals surface area (Å²) in [5, 5.41) is 9.00. The van der Waals surface area contributed by atoms with Gasteiger partial charge in [-0.2, -0.15) is 0 Å². The molecule has 0 aromatic heterocycles. The quantitative estimate of drug-likeness (QED) is 0.130. The molecule has 324 valence electrons. The Balaban J connectivity index is 1.37. The van der Waals surface area contributed by atoms with Gasteiger partial charge in [-0.25, -0.2) is 21.4 Å². The number of fused-ring (bicyclic) bond motifs is 2. The molecule has 2 aromatic rings. The molecule has 2 fully saturated rings. The van der Waals surface area contributed by atoms with Crippen LogP contribution in [0.25, 0.3) is 0 Å². The van der Waals surface area contributed by atoms with Crippen LogP contribution in [-0.2, 0) is 40.7 Å². The number of unbranched alkanes of at least 4 members (excludes halogenated alkanes) is 1. The molecule has 0 bridgehead atoms. The summed E-state index contributed by atoms with van der Waals surface area (Å²) < 4.78 is 71.7. The van der Waals surface area contributed by atoms with E-state index in [-0.39, 0.29) is 25.2 Å². The largest absolute Gasteiger partial charge is 0.748 e. The number of para-hydroxylation sites is 2. The first-order valence-corrected chi connectivity index (χ1v) is 24.0. The van der Waals surface area contributed by atoms with Crippen molar-refractivity contribution in [1.82, 2.24) is 4.90 Å². The normalized spacial score (nSPS) is 21.5. The van der Waals surface area contributed by atoms with Gasteiger partial charge in [-0.05, 0) is 73.9 Å². The van der Waals surface area contributed by atoms with E-state index in [1.165, 1.54) is 0 Å². The zero-order valence-electron chi connectivity index (χ0n) is 35.1. The maximum atomic E-state index is 13.1. The highest BCUT2D eigenvalue weighted by atomic mass is 32.2. The van der Waals surface area contributed by atoms with Crippen LogP contribution in [0, 0.1) is 0 Å². The van der Waals surface area contributed by atoms with Crippen LogP contribution in [0.4, 0.5) is 11.4 Å². The fourth-order valence-electron chi connectivity index (χ4n) is 9.25. The molecular weight excluding hydrogens is 805 g/mol. The van der Waals surface area contributed by atoms with Gasteiger partial charge in [-0.1, -0.05) is 76.2 Å². The summed E-state index contributed by atoms with van der Waals surface area (Å²) >= 11 is 0. The third kappa shape index (κ3) is 10.3. The average molecular weight is 862 g/mol. The molecule has 1 amide bonds. The standard InChI is InChI=1S/C45H58N4O9S2/c1-44(2)35-13-5-7-15-37(35)48(25-11-31-59(53,54)55)39(44)23-21-33-19-20-34(43(33)47-29-27-46(28-30-47)41(50)17-9-10-18-42(51)52)22-24-40-45(3,4)36-14-6-8-16-38(36)49(40)26-12-32-60(56,57)58/h5-8,13-16,21-24H,9-12,17-20,25-32H2,1-4H3,(H2-,51,52,53,54,55,56,57,58)/p-1. The van der Waals surface area contributed by atoms with Crippen LogP contribution in [0.15, 0.2) is 95.4 Å². The van der Waals surface area contributed by atoms with Crippen molar-refractivity contribution < 1.29 is 45.2 Å². The summed E-state index contributed by atoms with van der Waals surface area (Å²) in [5.74, 6) is -1.74. The maximum absolute atomic E-state index is 13.1. The maximum Gasteiger partial charge on any atom is 0.303 e. The molecule has 1 saturated heterocycles. The first-order valence-electron chi connectivity index (χ1n) is 20.8. The van der Waals surface area contributed by atoms with E-state index < -0.39 is 48.5 Å². The lowest BCUT2D eigenvalue weighted by molar-refractivity contribution is -0.537. The fraction of sp³-hybridized carbons (Fsp3) is 0.489. The number of anilines is 2. The molecule has 3 aliphatic heterocycles. The lowest BCUT2D eigenvalue weighted by Gasteiger charge is -2.28. The highest BCUT2D eigenvalue weighted by molar-refractivity contribution is 7.85. The molecule has 4 aliphatic rings. The van der Waals surface area contributed by atoms with Gasteiger partial charge < -0.3 is 28.9 Å². The monoisotopic (exact) mass is 861 g/mol. The van der Waals surface area contributed by atoms with E-state index in [0.717, 1.165) is 63.6 Å². The number of carbonyl (C=O) groups is 2. The zero-order chi connectivity index (χ0) is 43.5. The highest BCUT2D eigenvalue weighted by Crippen LogP contribution is 2.49. The van der Waals surface area contributed by atoms with Crippen LogP contribution in [0.2, 0.25) is 0 Å². The van der Waals surface area contributed by atoms with Crippen molar-refractivity contribution in [3.05, 3.63) is 107 Å². The van der Waals surface area contributed by atoms with Gasteiger partial charge in [0.15, 0.2) is 13.1 Å². The van der Waals surface area contributed by atoms with Gasteiger partial charge in [0.25, 0.3) is 0 Å². The second-order valence-corrected chi connectivity index (χ2v) is 20.2. The number of benzene rings is 2. The van der Waals surface area contributed by atoms with Crippen LogP contribution in [0.1, 0.15) is 90.2 Å². The van der Waals surface area contributed by atoms with E-state index in [9.17, 15) is 35.5 Å². The van der Waals surface area contributed by atoms with Crippen LogP contribution in [0.3, 0.4) is 0 Å². The average Bonchev–Trinajstić information content (AvgIpc) is 3.75. The van der Waals surface area contributed by atoms with Crippen molar-refractivity contribution in [3.8, 4) is 0 Å². The summed E-state index contributed by atoms with van der Waals surface area (Å²) in [5.41, 5.74) is 8.73. The Hall–Kier alpha value is -4.57. The number of allylic oxidation sites excluding steroid dienone is 8. The van der Waals surface area contributed by atoms with E-state index in [0.29, 0.717) is 58.5 Å².